The number of aryl methyl sites for hydroxylation is 1. The normalized spacial score (nSPS) is 12.5. The largest absolute Gasteiger partial charge is 0.497 e. The fraction of sp³-hybridized carbons (Fsp3) is 0.407. The fourth-order valence-corrected chi connectivity index (χ4v) is 4.61. The molecule has 2 aromatic heterocycles. The lowest BCUT2D eigenvalue weighted by Crippen LogP contribution is -2.36. The number of tetrazole rings is 1. The van der Waals surface area contributed by atoms with Gasteiger partial charge in [0.15, 0.2) is 5.82 Å². The fourth-order valence-electron chi connectivity index (χ4n) is 4.61. The van der Waals surface area contributed by atoms with Gasteiger partial charge in [-0.2, -0.15) is 0 Å². The van der Waals surface area contributed by atoms with E-state index in [1.807, 2.05) is 60.1 Å². The maximum atomic E-state index is 13.0. The van der Waals surface area contributed by atoms with Crippen LogP contribution in [0.15, 0.2) is 53.3 Å². The Balaban J connectivity index is 1.67. The van der Waals surface area contributed by atoms with E-state index in [1.165, 1.54) is 0 Å². The van der Waals surface area contributed by atoms with Crippen molar-refractivity contribution in [2.24, 2.45) is 5.92 Å². The maximum Gasteiger partial charge on any atom is 0.252 e. The molecule has 4 aromatic rings. The Hall–Kier alpha value is -3.56. The topological polar surface area (TPSA) is 109 Å². The molecular formula is C27H34N6O3. The molecule has 4 rings (SSSR count). The number of pyridine rings is 1. The van der Waals surface area contributed by atoms with Crippen LogP contribution in [0.1, 0.15) is 48.8 Å². The standard InChI is InChI=1S/C27H34N6O3/c1-18(2)25(26-29-30-31-33(26)16-20-7-10-23(36-4)11-8-20)32(12-5-13-34)17-22-15-21-9-6-19(3)14-24(21)28-27(22)35/h6-11,14-15,18,25,34H,5,12-13,16-17H2,1-4H3,(H,28,35). The second-order valence-electron chi connectivity index (χ2n) is 9.49. The van der Waals surface area contributed by atoms with Crippen molar-refractivity contribution in [3.8, 4) is 5.75 Å². The maximum absolute atomic E-state index is 13.0. The van der Waals surface area contributed by atoms with E-state index in [9.17, 15) is 9.90 Å². The Morgan fingerprint density at radius 3 is 2.61 bits per heavy atom. The molecule has 0 fully saturated rings. The van der Waals surface area contributed by atoms with Crippen molar-refractivity contribution in [1.82, 2.24) is 30.1 Å². The number of benzene rings is 2. The summed E-state index contributed by atoms with van der Waals surface area (Å²) in [4.78, 5) is 18.2. The Kier molecular flexibility index (Phi) is 8.12. The number of aliphatic hydroxyl groups excluding tert-OH is 1. The third-order valence-corrected chi connectivity index (χ3v) is 6.40. The van der Waals surface area contributed by atoms with Gasteiger partial charge in [-0.15, -0.1) is 5.10 Å². The third kappa shape index (κ3) is 5.80. The molecule has 0 saturated heterocycles. The number of nitrogens with zero attached hydrogens (tertiary/aromatic N) is 5. The van der Waals surface area contributed by atoms with Crippen LogP contribution in [0, 0.1) is 12.8 Å². The zero-order valence-corrected chi connectivity index (χ0v) is 21.3. The summed E-state index contributed by atoms with van der Waals surface area (Å²) in [5, 5.41) is 23.3. The van der Waals surface area contributed by atoms with Gasteiger partial charge in [0.05, 0.1) is 19.7 Å². The van der Waals surface area contributed by atoms with Gasteiger partial charge in [0.1, 0.15) is 5.75 Å². The van der Waals surface area contributed by atoms with Crippen LogP contribution < -0.4 is 10.3 Å². The van der Waals surface area contributed by atoms with Crippen LogP contribution in [-0.2, 0) is 13.1 Å². The number of aliphatic hydroxyl groups is 1. The van der Waals surface area contributed by atoms with Crippen LogP contribution >= 0.6 is 0 Å². The first kappa shape index (κ1) is 25.5. The Bertz CT molecular complexity index is 1350. The Labute approximate surface area is 210 Å². The number of hydrogen-bond donors (Lipinski definition) is 2. The van der Waals surface area contributed by atoms with Crippen molar-refractivity contribution < 1.29 is 9.84 Å². The molecule has 1 unspecified atom stereocenters. The molecule has 0 saturated carbocycles. The molecule has 2 aromatic carbocycles. The lowest BCUT2D eigenvalue weighted by molar-refractivity contribution is 0.122. The number of H-pyrrole nitrogens is 1. The molecule has 2 heterocycles. The summed E-state index contributed by atoms with van der Waals surface area (Å²) in [5.74, 6) is 1.68. The number of nitrogens with one attached hydrogen (secondary N) is 1. The monoisotopic (exact) mass is 490 g/mol. The predicted octanol–water partition coefficient (Wildman–Crippen LogP) is 3.46. The molecule has 0 spiro atoms. The Morgan fingerprint density at radius 1 is 1.14 bits per heavy atom. The number of ether oxygens (including phenoxy) is 1. The summed E-state index contributed by atoms with van der Waals surface area (Å²) in [5.41, 5.74) is 3.54. The minimum absolute atomic E-state index is 0.0610. The minimum atomic E-state index is -0.155. The van der Waals surface area contributed by atoms with Gasteiger partial charge in [-0.25, -0.2) is 4.68 Å². The van der Waals surface area contributed by atoms with Crippen LogP contribution in [0.2, 0.25) is 0 Å². The second kappa shape index (κ2) is 11.5. The quantitative estimate of drug-likeness (QED) is 0.331. The molecule has 36 heavy (non-hydrogen) atoms. The minimum Gasteiger partial charge on any atom is -0.497 e. The molecule has 0 aliphatic rings. The third-order valence-electron chi connectivity index (χ3n) is 6.40. The number of methoxy groups -OCH3 is 1. The van der Waals surface area contributed by atoms with E-state index in [4.69, 9.17) is 4.74 Å². The van der Waals surface area contributed by atoms with Gasteiger partial charge in [0, 0.05) is 30.8 Å². The summed E-state index contributed by atoms with van der Waals surface area (Å²) in [6.45, 7) is 7.83. The van der Waals surface area contributed by atoms with Gasteiger partial charge >= 0.3 is 0 Å². The molecule has 0 aliphatic carbocycles. The average Bonchev–Trinajstić information content (AvgIpc) is 3.30. The van der Waals surface area contributed by atoms with Crippen LogP contribution in [0.4, 0.5) is 0 Å². The molecule has 190 valence electrons. The molecular weight excluding hydrogens is 456 g/mol. The SMILES string of the molecule is COc1ccc(Cn2nnnc2C(C(C)C)N(CCCO)Cc2cc3ccc(C)cc3[nH]c2=O)cc1. The summed E-state index contributed by atoms with van der Waals surface area (Å²) in [7, 11) is 1.64. The van der Waals surface area contributed by atoms with Gasteiger partial charge in [-0.3, -0.25) is 9.69 Å². The summed E-state index contributed by atoms with van der Waals surface area (Å²) < 4.78 is 7.07. The van der Waals surface area contributed by atoms with E-state index >= 15 is 0 Å². The molecule has 0 radical (unpaired) electrons. The van der Waals surface area contributed by atoms with Gasteiger partial charge in [-0.05, 0) is 70.5 Å². The zero-order valence-electron chi connectivity index (χ0n) is 21.3. The summed E-state index contributed by atoms with van der Waals surface area (Å²) >= 11 is 0. The first-order valence-electron chi connectivity index (χ1n) is 12.3. The van der Waals surface area contributed by atoms with Gasteiger partial charge in [0.25, 0.3) is 5.56 Å². The van der Waals surface area contributed by atoms with E-state index in [0.717, 1.165) is 33.6 Å². The first-order chi connectivity index (χ1) is 17.4. The highest BCUT2D eigenvalue weighted by Crippen LogP contribution is 2.29. The predicted molar refractivity (Wildman–Crippen MR) is 139 cm³/mol. The van der Waals surface area contributed by atoms with E-state index in [-0.39, 0.29) is 24.1 Å². The number of aromatic amines is 1. The van der Waals surface area contributed by atoms with Crippen LogP contribution in [0.3, 0.4) is 0 Å². The van der Waals surface area contributed by atoms with Crippen molar-refractivity contribution in [2.75, 3.05) is 20.3 Å². The number of aromatic nitrogens is 5. The Morgan fingerprint density at radius 2 is 1.92 bits per heavy atom. The van der Waals surface area contributed by atoms with Gasteiger partial charge in [0.2, 0.25) is 0 Å². The highest BCUT2D eigenvalue weighted by atomic mass is 16.5. The molecule has 2 N–H and O–H groups in total. The van der Waals surface area contributed by atoms with Crippen molar-refractivity contribution in [3.05, 3.63) is 81.4 Å². The van der Waals surface area contributed by atoms with E-state index < -0.39 is 0 Å². The molecule has 0 aliphatic heterocycles. The summed E-state index contributed by atoms with van der Waals surface area (Å²) in [6.07, 6.45) is 0.577. The molecule has 0 amide bonds. The molecule has 9 heteroatoms. The highest BCUT2D eigenvalue weighted by molar-refractivity contribution is 5.79. The highest BCUT2D eigenvalue weighted by Gasteiger charge is 2.29. The molecule has 0 bridgehead atoms. The van der Waals surface area contributed by atoms with E-state index in [2.05, 4.69) is 39.3 Å². The first-order valence-corrected chi connectivity index (χ1v) is 12.3. The van der Waals surface area contributed by atoms with E-state index in [0.29, 0.717) is 31.6 Å². The van der Waals surface area contributed by atoms with Crippen LogP contribution in [0.5, 0.6) is 5.75 Å². The average molecular weight is 491 g/mol. The van der Waals surface area contributed by atoms with Crippen molar-refractivity contribution in [1.29, 1.82) is 0 Å². The summed E-state index contributed by atoms with van der Waals surface area (Å²) in [6, 6.07) is 15.7. The van der Waals surface area contributed by atoms with Crippen molar-refractivity contribution >= 4 is 10.9 Å². The van der Waals surface area contributed by atoms with Gasteiger partial charge in [-0.1, -0.05) is 38.1 Å². The number of rotatable bonds is 11. The number of fused-ring (bicyclic) bond motifs is 1. The molecule has 9 nitrogen and oxygen atoms in total. The van der Waals surface area contributed by atoms with Crippen LogP contribution in [-0.4, -0.2) is 55.5 Å². The van der Waals surface area contributed by atoms with Crippen molar-refractivity contribution in [3.63, 3.8) is 0 Å². The van der Waals surface area contributed by atoms with E-state index in [1.54, 1.807) is 7.11 Å². The molecule has 1 atom stereocenters. The zero-order chi connectivity index (χ0) is 25.7. The smallest absolute Gasteiger partial charge is 0.252 e. The number of hydrogen-bond acceptors (Lipinski definition) is 7. The van der Waals surface area contributed by atoms with Gasteiger partial charge < -0.3 is 14.8 Å². The second-order valence-corrected chi connectivity index (χ2v) is 9.49. The van der Waals surface area contributed by atoms with Crippen molar-refractivity contribution in [2.45, 2.75) is 46.3 Å². The lowest BCUT2D eigenvalue weighted by atomic mass is 10.00. The van der Waals surface area contributed by atoms with Crippen LogP contribution in [0.25, 0.3) is 10.9 Å². The lowest BCUT2D eigenvalue weighted by Gasteiger charge is -2.33.